The van der Waals surface area contributed by atoms with Gasteiger partial charge in [-0.1, -0.05) is 0 Å². The Bertz CT molecular complexity index is 652. The lowest BCUT2D eigenvalue weighted by molar-refractivity contribution is 0.0776. The fourth-order valence-corrected chi connectivity index (χ4v) is 3.28. The van der Waals surface area contributed by atoms with Crippen LogP contribution in [-0.2, 0) is 0 Å². The fourth-order valence-electron chi connectivity index (χ4n) is 3.28. The summed E-state index contributed by atoms with van der Waals surface area (Å²) in [5, 5.41) is 7.57. The van der Waals surface area contributed by atoms with Crippen LogP contribution in [0, 0.1) is 11.8 Å². The predicted octanol–water partition coefficient (Wildman–Crippen LogP) is 1.40. The van der Waals surface area contributed by atoms with E-state index in [1.54, 1.807) is 17.1 Å². The third-order valence-electron chi connectivity index (χ3n) is 4.41. The molecule has 23 heavy (non-hydrogen) atoms. The summed E-state index contributed by atoms with van der Waals surface area (Å²) in [6.45, 7) is 3.72. The minimum atomic E-state index is 0. The molecule has 0 radical (unpaired) electrons. The van der Waals surface area contributed by atoms with Crippen LogP contribution < -0.4 is 5.32 Å². The maximum Gasteiger partial charge on any atom is 0.272 e. The van der Waals surface area contributed by atoms with E-state index in [2.05, 4.69) is 15.4 Å². The topological polar surface area (TPSA) is 63.1 Å². The number of hydrogen-bond acceptors (Lipinski definition) is 4. The van der Waals surface area contributed by atoms with E-state index in [9.17, 15) is 4.79 Å². The summed E-state index contributed by atoms with van der Waals surface area (Å²) in [6, 6.07) is 5.52. The molecule has 2 aromatic rings. The molecule has 0 bridgehead atoms. The smallest absolute Gasteiger partial charge is 0.272 e. The number of carbonyl (C=O) groups excluding carboxylic acids is 1. The summed E-state index contributed by atoms with van der Waals surface area (Å²) >= 11 is 0. The van der Waals surface area contributed by atoms with E-state index in [1.165, 1.54) is 0 Å². The highest BCUT2D eigenvalue weighted by molar-refractivity contribution is 5.93. The number of hydrogen-bond donors (Lipinski definition) is 1. The zero-order valence-corrected chi connectivity index (χ0v) is 14.1. The van der Waals surface area contributed by atoms with Crippen molar-refractivity contribution in [3.63, 3.8) is 0 Å². The van der Waals surface area contributed by atoms with Gasteiger partial charge in [-0.15, -0.1) is 24.8 Å². The molecule has 2 aromatic heterocycles. The minimum absolute atomic E-state index is 0. The second kappa shape index (κ2) is 7.29. The van der Waals surface area contributed by atoms with Crippen LogP contribution in [0.4, 0.5) is 0 Å². The minimum Gasteiger partial charge on any atom is -0.337 e. The first-order valence-electron chi connectivity index (χ1n) is 7.27. The number of fused-ring (bicyclic) bond motifs is 1. The van der Waals surface area contributed by atoms with Gasteiger partial charge in [0, 0.05) is 44.8 Å². The van der Waals surface area contributed by atoms with Crippen molar-refractivity contribution in [1.29, 1.82) is 0 Å². The molecule has 8 heteroatoms. The van der Waals surface area contributed by atoms with E-state index in [0.29, 0.717) is 17.5 Å². The monoisotopic (exact) mass is 355 g/mol. The summed E-state index contributed by atoms with van der Waals surface area (Å²) in [5.74, 6) is 1.23. The van der Waals surface area contributed by atoms with Crippen LogP contribution in [0.3, 0.4) is 0 Å². The van der Waals surface area contributed by atoms with Crippen LogP contribution in [0.2, 0.25) is 0 Å². The van der Waals surface area contributed by atoms with Crippen LogP contribution in [0.25, 0.3) is 5.69 Å². The molecule has 1 N–H and O–H groups in total. The summed E-state index contributed by atoms with van der Waals surface area (Å²) in [5.41, 5.74) is 1.36. The van der Waals surface area contributed by atoms with Gasteiger partial charge in [0.15, 0.2) is 0 Å². The van der Waals surface area contributed by atoms with Crippen LogP contribution in [-0.4, -0.2) is 51.8 Å². The number of likely N-dealkylation sites (tertiary alicyclic amines) is 1. The third kappa shape index (κ3) is 3.34. The van der Waals surface area contributed by atoms with Gasteiger partial charge in [0.1, 0.15) is 5.69 Å². The van der Waals surface area contributed by atoms with E-state index in [0.717, 1.165) is 31.9 Å². The molecular weight excluding hydrogens is 337 g/mol. The first kappa shape index (κ1) is 17.7. The molecule has 2 atom stereocenters. The average Bonchev–Trinajstić information content (AvgIpc) is 3.22. The Morgan fingerprint density at radius 3 is 2.57 bits per heavy atom. The van der Waals surface area contributed by atoms with Crippen molar-refractivity contribution in [2.24, 2.45) is 11.8 Å². The van der Waals surface area contributed by atoms with Gasteiger partial charge >= 0.3 is 0 Å². The van der Waals surface area contributed by atoms with Crippen molar-refractivity contribution in [1.82, 2.24) is 25.0 Å². The second-order valence-corrected chi connectivity index (χ2v) is 5.74. The Kier molecular flexibility index (Phi) is 5.62. The molecule has 124 valence electrons. The lowest BCUT2D eigenvalue weighted by Gasteiger charge is -2.17. The summed E-state index contributed by atoms with van der Waals surface area (Å²) in [7, 11) is 0. The maximum absolute atomic E-state index is 12.6. The molecule has 2 saturated heterocycles. The van der Waals surface area contributed by atoms with Crippen molar-refractivity contribution in [2.75, 3.05) is 26.2 Å². The summed E-state index contributed by atoms with van der Waals surface area (Å²) < 4.78 is 1.74. The van der Waals surface area contributed by atoms with Crippen molar-refractivity contribution in [2.45, 2.75) is 0 Å². The standard InChI is InChI=1S/C15H17N5O.2ClH/c21-15(19-9-11-7-16-8-12(11)10-19)14-6-13(2-4-17-14)20-5-1-3-18-20;;/h1-6,11-12,16H,7-10H2;2*1H/t11-,12+;;. The van der Waals surface area contributed by atoms with Gasteiger partial charge in [-0.25, -0.2) is 4.68 Å². The highest BCUT2D eigenvalue weighted by Crippen LogP contribution is 2.27. The molecule has 2 fully saturated rings. The Morgan fingerprint density at radius 1 is 1.17 bits per heavy atom. The van der Waals surface area contributed by atoms with Gasteiger partial charge in [-0.3, -0.25) is 9.78 Å². The van der Waals surface area contributed by atoms with Gasteiger partial charge in [-0.05, 0) is 30.0 Å². The van der Waals surface area contributed by atoms with Crippen molar-refractivity contribution in [3.05, 3.63) is 42.5 Å². The van der Waals surface area contributed by atoms with E-state index in [1.807, 2.05) is 29.3 Å². The van der Waals surface area contributed by atoms with Gasteiger partial charge in [0.2, 0.25) is 0 Å². The summed E-state index contributed by atoms with van der Waals surface area (Å²) in [6.07, 6.45) is 5.24. The highest BCUT2D eigenvalue weighted by Gasteiger charge is 2.38. The molecule has 4 heterocycles. The van der Waals surface area contributed by atoms with Crippen molar-refractivity contribution >= 4 is 30.7 Å². The number of carbonyl (C=O) groups is 1. The highest BCUT2D eigenvalue weighted by atomic mass is 35.5. The van der Waals surface area contributed by atoms with Gasteiger partial charge in [0.05, 0.1) is 5.69 Å². The Hall–Kier alpha value is -1.63. The van der Waals surface area contributed by atoms with Gasteiger partial charge in [0.25, 0.3) is 5.91 Å². The van der Waals surface area contributed by atoms with Crippen LogP contribution in [0.15, 0.2) is 36.8 Å². The molecule has 4 rings (SSSR count). The SMILES string of the molecule is Cl.Cl.O=C(c1cc(-n2cccn2)ccn1)N1C[C@H]2CNC[C@H]2C1. The van der Waals surface area contributed by atoms with E-state index < -0.39 is 0 Å². The Labute approximate surface area is 147 Å². The molecule has 6 nitrogen and oxygen atoms in total. The van der Waals surface area contributed by atoms with E-state index in [4.69, 9.17) is 0 Å². The number of pyridine rings is 1. The summed E-state index contributed by atoms with van der Waals surface area (Å²) in [4.78, 5) is 18.8. The largest absolute Gasteiger partial charge is 0.337 e. The normalized spacial score (nSPS) is 22.2. The zero-order chi connectivity index (χ0) is 14.2. The van der Waals surface area contributed by atoms with Crippen LogP contribution in [0.5, 0.6) is 0 Å². The Balaban J connectivity index is 0.000000960. The number of aromatic nitrogens is 3. The lowest BCUT2D eigenvalue weighted by Crippen LogP contribution is -2.32. The quantitative estimate of drug-likeness (QED) is 0.884. The maximum atomic E-state index is 12.6. The first-order valence-corrected chi connectivity index (χ1v) is 7.27. The molecule has 0 aromatic carbocycles. The number of nitrogens with one attached hydrogen (secondary N) is 1. The molecule has 0 unspecified atom stereocenters. The molecule has 1 amide bonds. The molecule has 2 aliphatic heterocycles. The fraction of sp³-hybridized carbons (Fsp3) is 0.400. The average molecular weight is 356 g/mol. The van der Waals surface area contributed by atoms with Crippen molar-refractivity contribution in [3.8, 4) is 5.69 Å². The van der Waals surface area contributed by atoms with Crippen LogP contribution >= 0.6 is 24.8 Å². The van der Waals surface area contributed by atoms with Gasteiger partial charge in [-0.2, -0.15) is 5.10 Å². The lowest BCUT2D eigenvalue weighted by atomic mass is 10.0. The predicted molar refractivity (Wildman–Crippen MR) is 91.6 cm³/mol. The Morgan fingerprint density at radius 2 is 1.91 bits per heavy atom. The molecular formula is C15H19Cl2N5O. The molecule has 2 aliphatic rings. The van der Waals surface area contributed by atoms with E-state index in [-0.39, 0.29) is 30.7 Å². The number of nitrogens with zero attached hydrogens (tertiary/aromatic N) is 4. The molecule has 0 aliphatic carbocycles. The first-order chi connectivity index (χ1) is 10.3. The van der Waals surface area contributed by atoms with E-state index >= 15 is 0 Å². The van der Waals surface area contributed by atoms with Gasteiger partial charge < -0.3 is 10.2 Å². The van der Waals surface area contributed by atoms with Crippen LogP contribution in [0.1, 0.15) is 10.5 Å². The third-order valence-corrected chi connectivity index (χ3v) is 4.41. The second-order valence-electron chi connectivity index (χ2n) is 5.74. The number of halogens is 2. The molecule has 0 spiro atoms. The number of amides is 1. The zero-order valence-electron chi connectivity index (χ0n) is 12.5. The number of rotatable bonds is 2. The molecule has 0 saturated carbocycles. The van der Waals surface area contributed by atoms with Crippen molar-refractivity contribution < 1.29 is 4.79 Å².